The number of carbonyl (C=O) groups is 1. The van der Waals surface area contributed by atoms with Crippen LogP contribution in [0.1, 0.15) is 89.5 Å². The fourth-order valence-corrected chi connectivity index (χ4v) is 7.23. The second-order valence-corrected chi connectivity index (χ2v) is 12.5. The third-order valence-electron chi connectivity index (χ3n) is 9.66. The van der Waals surface area contributed by atoms with Crippen molar-refractivity contribution in [1.82, 2.24) is 9.80 Å². The number of hydrogen-bond acceptors (Lipinski definition) is 7. The first-order chi connectivity index (χ1) is 20.9. The molecule has 2 aliphatic carbocycles. The molecule has 3 aliphatic rings. The van der Waals surface area contributed by atoms with Gasteiger partial charge in [-0.1, -0.05) is 61.9 Å². The van der Waals surface area contributed by atoms with E-state index in [4.69, 9.17) is 26.7 Å². The summed E-state index contributed by atoms with van der Waals surface area (Å²) in [4.78, 5) is 22.9. The zero-order valence-corrected chi connectivity index (χ0v) is 25.4. The summed E-state index contributed by atoms with van der Waals surface area (Å²) in [5.41, 5.74) is 21.4. The maximum absolute atomic E-state index is 13.9. The molecule has 0 unspecified atom stereocenters. The van der Waals surface area contributed by atoms with Gasteiger partial charge in [0.05, 0.1) is 12.2 Å². The SMILES string of the molecule is C[C@@](CCC(=O)N(C/C(N)=N/N=N)C1CCCCC1)(C1CCCCC1)N1Cc2cc(Oc3ccccc3)ccc2N=C1N. The zero-order valence-electron chi connectivity index (χ0n) is 25.4. The van der Waals surface area contributed by atoms with Crippen molar-refractivity contribution in [2.24, 2.45) is 32.7 Å². The average Bonchev–Trinajstić information content (AvgIpc) is 3.03. The summed E-state index contributed by atoms with van der Waals surface area (Å²) in [7, 11) is 0. The maximum atomic E-state index is 13.9. The Morgan fingerprint density at radius 1 is 1.05 bits per heavy atom. The summed E-state index contributed by atoms with van der Waals surface area (Å²) in [6.45, 7) is 3.08. The highest BCUT2D eigenvalue weighted by Gasteiger charge is 2.43. The summed E-state index contributed by atoms with van der Waals surface area (Å²) in [5, 5.41) is 6.79. The van der Waals surface area contributed by atoms with E-state index in [1.807, 2.05) is 47.4 Å². The summed E-state index contributed by atoms with van der Waals surface area (Å²) in [6, 6.07) is 15.9. The highest BCUT2D eigenvalue weighted by Crippen LogP contribution is 2.43. The number of nitrogens with one attached hydrogen (secondary N) is 1. The molecule has 1 aliphatic heterocycles. The number of hydrogen-bond donors (Lipinski definition) is 3. The number of ether oxygens (including phenoxy) is 1. The van der Waals surface area contributed by atoms with Crippen molar-refractivity contribution in [2.45, 2.75) is 102 Å². The standard InChI is InChI=1S/C33H46N8O2/c1-33(25-11-5-2-6-12-25,20-19-31(42)40(23-30(34)38-39-36)26-13-7-3-8-14-26)41-22-24-21-28(17-18-29(24)37-32(41)35)43-27-15-9-4-10-16-27/h4,9-10,15-18,21,25-26H,2-3,5-8,11-14,19-20,22-23H2,1H3,(H2,35,37)(H3,34,36,38)/t33-/m1/s1. The minimum Gasteiger partial charge on any atom is -0.457 e. The van der Waals surface area contributed by atoms with Crippen molar-refractivity contribution in [3.05, 3.63) is 54.1 Å². The van der Waals surface area contributed by atoms with E-state index in [-0.39, 0.29) is 29.9 Å². The van der Waals surface area contributed by atoms with Gasteiger partial charge < -0.3 is 26.0 Å². The Morgan fingerprint density at radius 2 is 1.74 bits per heavy atom. The number of guanidine groups is 1. The van der Waals surface area contributed by atoms with Gasteiger partial charge in [-0.3, -0.25) is 4.79 Å². The lowest BCUT2D eigenvalue weighted by Gasteiger charge is -2.50. The van der Waals surface area contributed by atoms with Crippen LogP contribution in [0.2, 0.25) is 0 Å². The number of nitrogens with zero attached hydrogens (tertiary/aromatic N) is 5. The number of fused-ring (bicyclic) bond motifs is 1. The van der Waals surface area contributed by atoms with Crippen LogP contribution in [0.15, 0.2) is 63.8 Å². The molecule has 43 heavy (non-hydrogen) atoms. The number of benzene rings is 2. The number of nitrogens with two attached hydrogens (primary N) is 2. The van der Waals surface area contributed by atoms with E-state index < -0.39 is 0 Å². The predicted octanol–water partition coefficient (Wildman–Crippen LogP) is 6.82. The Morgan fingerprint density at radius 3 is 2.44 bits per heavy atom. The van der Waals surface area contributed by atoms with Gasteiger partial charge in [0, 0.05) is 30.1 Å². The molecule has 0 radical (unpaired) electrons. The van der Waals surface area contributed by atoms with Gasteiger partial charge in [0.25, 0.3) is 0 Å². The van der Waals surface area contributed by atoms with Crippen LogP contribution in [0.4, 0.5) is 5.69 Å². The van der Waals surface area contributed by atoms with Crippen LogP contribution in [0.3, 0.4) is 0 Å². The fourth-order valence-electron chi connectivity index (χ4n) is 7.23. The molecule has 2 aromatic rings. The number of aliphatic imine (C=N–C) groups is 1. The molecule has 230 valence electrons. The van der Waals surface area contributed by atoms with Crippen LogP contribution in [0, 0.1) is 11.4 Å². The van der Waals surface area contributed by atoms with E-state index in [1.165, 1.54) is 25.7 Å². The van der Waals surface area contributed by atoms with Crippen LogP contribution >= 0.6 is 0 Å². The Hall–Kier alpha value is -3.95. The van der Waals surface area contributed by atoms with Gasteiger partial charge in [0.15, 0.2) is 5.96 Å². The molecule has 1 atom stereocenters. The first-order valence-corrected chi connectivity index (χ1v) is 15.8. The Bertz CT molecular complexity index is 1320. The van der Waals surface area contributed by atoms with Crippen molar-refractivity contribution in [2.75, 3.05) is 6.54 Å². The second-order valence-electron chi connectivity index (χ2n) is 12.5. The molecular formula is C33H46N8O2. The molecular weight excluding hydrogens is 540 g/mol. The van der Waals surface area contributed by atoms with E-state index in [1.54, 1.807) is 0 Å². The fraction of sp³-hybridized carbons (Fsp3) is 0.545. The lowest BCUT2D eigenvalue weighted by atomic mass is 9.72. The largest absolute Gasteiger partial charge is 0.457 e. The monoisotopic (exact) mass is 586 g/mol. The van der Waals surface area contributed by atoms with Gasteiger partial charge in [0.1, 0.15) is 17.3 Å². The molecule has 10 nitrogen and oxygen atoms in total. The van der Waals surface area contributed by atoms with Crippen molar-refractivity contribution in [3.8, 4) is 11.5 Å². The minimum absolute atomic E-state index is 0.0727. The summed E-state index contributed by atoms with van der Waals surface area (Å²) >= 11 is 0. The number of rotatable bonds is 11. The molecule has 10 heteroatoms. The Balaban J connectivity index is 1.38. The van der Waals surface area contributed by atoms with Crippen molar-refractivity contribution in [1.29, 1.82) is 5.53 Å². The maximum Gasteiger partial charge on any atom is 0.223 e. The van der Waals surface area contributed by atoms with E-state index in [2.05, 4.69) is 28.2 Å². The average molecular weight is 587 g/mol. The van der Waals surface area contributed by atoms with Gasteiger partial charge in [0.2, 0.25) is 5.91 Å². The topological polar surface area (TPSA) is 146 Å². The molecule has 2 aromatic carbocycles. The number of amidine groups is 1. The summed E-state index contributed by atoms with van der Waals surface area (Å²) in [5.74, 6) is 2.71. The normalized spacial score (nSPS) is 19.6. The van der Waals surface area contributed by atoms with E-state index in [9.17, 15) is 4.79 Å². The molecule has 0 spiro atoms. The lowest BCUT2D eigenvalue weighted by Crippen LogP contribution is -2.58. The van der Waals surface area contributed by atoms with Crippen LogP contribution in [0.5, 0.6) is 11.5 Å². The molecule has 5 rings (SSSR count). The molecule has 5 N–H and O–H groups in total. The Labute approximate surface area is 255 Å². The van der Waals surface area contributed by atoms with Crippen LogP contribution in [-0.2, 0) is 11.3 Å². The van der Waals surface area contributed by atoms with Gasteiger partial charge in [-0.25, -0.2) is 4.99 Å². The number of para-hydroxylation sites is 1. The van der Waals surface area contributed by atoms with Gasteiger partial charge in [-0.05, 0) is 75.3 Å². The summed E-state index contributed by atoms with van der Waals surface area (Å²) < 4.78 is 6.13. The molecule has 2 fully saturated rings. The van der Waals surface area contributed by atoms with E-state index >= 15 is 0 Å². The lowest BCUT2D eigenvalue weighted by molar-refractivity contribution is -0.134. The first kappa shape index (κ1) is 30.5. The predicted molar refractivity (Wildman–Crippen MR) is 169 cm³/mol. The van der Waals surface area contributed by atoms with Crippen LogP contribution < -0.4 is 16.2 Å². The van der Waals surface area contributed by atoms with Gasteiger partial charge >= 0.3 is 0 Å². The molecule has 2 saturated carbocycles. The molecule has 0 aromatic heterocycles. The smallest absolute Gasteiger partial charge is 0.223 e. The van der Waals surface area contributed by atoms with Crippen molar-refractivity contribution in [3.63, 3.8) is 0 Å². The minimum atomic E-state index is -0.355. The molecule has 1 amide bonds. The van der Waals surface area contributed by atoms with Crippen LogP contribution in [-0.4, -0.2) is 45.6 Å². The summed E-state index contributed by atoms with van der Waals surface area (Å²) in [6.07, 6.45) is 12.2. The third kappa shape index (κ3) is 7.35. The second kappa shape index (κ2) is 14.0. The molecule has 0 saturated heterocycles. The van der Waals surface area contributed by atoms with Crippen molar-refractivity contribution < 1.29 is 9.53 Å². The highest BCUT2D eigenvalue weighted by atomic mass is 16.5. The molecule has 0 bridgehead atoms. The number of amides is 1. The quantitative estimate of drug-likeness (QED) is 0.114. The van der Waals surface area contributed by atoms with E-state index in [0.29, 0.717) is 31.3 Å². The zero-order chi connectivity index (χ0) is 30.2. The highest BCUT2D eigenvalue weighted by molar-refractivity contribution is 5.88. The first-order valence-electron chi connectivity index (χ1n) is 15.8. The Kier molecular flexibility index (Phi) is 9.94. The third-order valence-corrected chi connectivity index (χ3v) is 9.66. The van der Waals surface area contributed by atoms with Crippen molar-refractivity contribution >= 4 is 23.4 Å². The number of carbonyl (C=O) groups excluding carboxylic acids is 1. The van der Waals surface area contributed by atoms with Gasteiger partial charge in [-0.2, -0.15) is 5.53 Å². The molecule has 1 heterocycles. The van der Waals surface area contributed by atoms with Crippen LogP contribution in [0.25, 0.3) is 0 Å². The van der Waals surface area contributed by atoms with E-state index in [0.717, 1.165) is 61.3 Å². The van der Waals surface area contributed by atoms with Gasteiger partial charge in [-0.15, -0.1) is 5.10 Å².